The first-order valence-corrected chi connectivity index (χ1v) is 6.64. The van der Waals surface area contributed by atoms with Crippen molar-refractivity contribution < 1.29 is 0 Å². The topological polar surface area (TPSA) is 60.9 Å². The van der Waals surface area contributed by atoms with Crippen LogP contribution in [0, 0.1) is 6.92 Å². The summed E-state index contributed by atoms with van der Waals surface area (Å²) in [5.74, 6) is 1.42. The van der Waals surface area contributed by atoms with Crippen molar-refractivity contribution >= 4 is 21.6 Å². The minimum absolute atomic E-state index is 0.0744. The normalized spacial score (nSPS) is 15.7. The highest BCUT2D eigenvalue weighted by atomic mass is 32.1. The highest BCUT2D eigenvalue weighted by Crippen LogP contribution is 2.39. The zero-order chi connectivity index (χ0) is 12.2. The Morgan fingerprint density at radius 3 is 2.82 bits per heavy atom. The molecule has 1 saturated carbocycles. The molecule has 5 heteroatoms. The van der Waals surface area contributed by atoms with Crippen molar-refractivity contribution in [1.82, 2.24) is 9.55 Å². The molecule has 0 unspecified atom stereocenters. The maximum atomic E-state index is 12.3. The molecule has 0 aromatic carbocycles. The summed E-state index contributed by atoms with van der Waals surface area (Å²) in [6, 6.07) is 0. The maximum absolute atomic E-state index is 12.3. The van der Waals surface area contributed by atoms with E-state index in [0.717, 1.165) is 39.3 Å². The molecule has 0 spiro atoms. The van der Waals surface area contributed by atoms with Gasteiger partial charge >= 0.3 is 0 Å². The lowest BCUT2D eigenvalue weighted by atomic mass is 10.2. The first-order valence-electron chi connectivity index (χ1n) is 5.82. The number of rotatable bonds is 2. The van der Waals surface area contributed by atoms with Crippen LogP contribution in [0.3, 0.4) is 0 Å². The Kier molecular flexibility index (Phi) is 2.34. The van der Waals surface area contributed by atoms with Gasteiger partial charge in [-0.1, -0.05) is 0 Å². The fourth-order valence-corrected chi connectivity index (χ4v) is 3.28. The fraction of sp³-hybridized carbons (Fsp3) is 0.500. The van der Waals surface area contributed by atoms with Gasteiger partial charge in [0, 0.05) is 24.4 Å². The molecular formula is C12H15N3OS. The van der Waals surface area contributed by atoms with Crippen LogP contribution in [0.15, 0.2) is 4.79 Å². The second-order valence-corrected chi connectivity index (χ2v) is 5.73. The summed E-state index contributed by atoms with van der Waals surface area (Å²) in [6.07, 6.45) is 2.31. The van der Waals surface area contributed by atoms with Gasteiger partial charge in [-0.3, -0.25) is 9.36 Å². The van der Waals surface area contributed by atoms with Crippen molar-refractivity contribution in [3.8, 4) is 0 Å². The molecule has 0 atom stereocenters. The molecule has 2 aromatic heterocycles. The Bertz CT molecular complexity index is 652. The predicted molar refractivity (Wildman–Crippen MR) is 69.5 cm³/mol. The third-order valence-electron chi connectivity index (χ3n) is 3.43. The van der Waals surface area contributed by atoms with E-state index in [9.17, 15) is 4.79 Å². The van der Waals surface area contributed by atoms with E-state index in [-0.39, 0.29) is 5.56 Å². The molecule has 0 amide bonds. The predicted octanol–water partition coefficient (Wildman–Crippen LogP) is 1.64. The zero-order valence-electron chi connectivity index (χ0n) is 9.99. The number of aromatic nitrogens is 2. The van der Waals surface area contributed by atoms with Gasteiger partial charge in [0.2, 0.25) is 0 Å². The standard InChI is InChI=1S/C12H15N3OS/c1-6-8(5-13)17-11-9(6)12(16)15(2)10(14-11)7-3-4-7/h7H,3-5,13H2,1-2H3. The van der Waals surface area contributed by atoms with E-state index >= 15 is 0 Å². The first-order chi connectivity index (χ1) is 8.13. The number of hydrogen-bond donors (Lipinski definition) is 1. The molecule has 2 aromatic rings. The fourth-order valence-electron chi connectivity index (χ4n) is 2.23. The summed E-state index contributed by atoms with van der Waals surface area (Å²) in [7, 11) is 1.82. The molecule has 1 aliphatic carbocycles. The Balaban J connectivity index is 2.37. The second-order valence-electron chi connectivity index (χ2n) is 4.64. The van der Waals surface area contributed by atoms with Crippen molar-refractivity contribution in [2.24, 2.45) is 12.8 Å². The van der Waals surface area contributed by atoms with Gasteiger partial charge in [-0.25, -0.2) is 4.98 Å². The quantitative estimate of drug-likeness (QED) is 0.880. The van der Waals surface area contributed by atoms with Crippen LogP contribution in [-0.4, -0.2) is 9.55 Å². The van der Waals surface area contributed by atoms with Gasteiger partial charge in [0.25, 0.3) is 5.56 Å². The van der Waals surface area contributed by atoms with Gasteiger partial charge in [-0.2, -0.15) is 0 Å². The van der Waals surface area contributed by atoms with Crippen molar-refractivity contribution in [2.45, 2.75) is 32.2 Å². The van der Waals surface area contributed by atoms with Crippen LogP contribution in [0.25, 0.3) is 10.2 Å². The Morgan fingerprint density at radius 2 is 2.24 bits per heavy atom. The molecular weight excluding hydrogens is 234 g/mol. The van der Waals surface area contributed by atoms with E-state index in [1.807, 2.05) is 14.0 Å². The maximum Gasteiger partial charge on any atom is 0.262 e. The zero-order valence-corrected chi connectivity index (χ0v) is 10.8. The summed E-state index contributed by atoms with van der Waals surface area (Å²) in [4.78, 5) is 18.9. The summed E-state index contributed by atoms with van der Waals surface area (Å²) in [5.41, 5.74) is 6.76. The molecule has 0 aliphatic heterocycles. The van der Waals surface area contributed by atoms with E-state index in [1.54, 1.807) is 15.9 Å². The first kappa shape index (κ1) is 10.9. The van der Waals surface area contributed by atoms with Gasteiger partial charge in [-0.15, -0.1) is 11.3 Å². The number of hydrogen-bond acceptors (Lipinski definition) is 4. The molecule has 1 aliphatic rings. The molecule has 90 valence electrons. The van der Waals surface area contributed by atoms with E-state index < -0.39 is 0 Å². The second kappa shape index (κ2) is 3.65. The number of nitrogens with zero attached hydrogens (tertiary/aromatic N) is 2. The van der Waals surface area contributed by atoms with Crippen molar-refractivity contribution in [1.29, 1.82) is 0 Å². The van der Waals surface area contributed by atoms with E-state index in [0.29, 0.717) is 12.5 Å². The minimum atomic E-state index is 0.0744. The van der Waals surface area contributed by atoms with Crippen LogP contribution < -0.4 is 11.3 Å². The number of aryl methyl sites for hydroxylation is 1. The summed E-state index contributed by atoms with van der Waals surface area (Å²) >= 11 is 1.56. The molecule has 4 nitrogen and oxygen atoms in total. The van der Waals surface area contributed by atoms with Gasteiger partial charge < -0.3 is 5.73 Å². The Hall–Kier alpha value is -1.20. The van der Waals surface area contributed by atoms with Crippen LogP contribution in [-0.2, 0) is 13.6 Å². The Labute approximate surface area is 103 Å². The highest BCUT2D eigenvalue weighted by molar-refractivity contribution is 7.18. The van der Waals surface area contributed by atoms with E-state index in [4.69, 9.17) is 5.73 Å². The highest BCUT2D eigenvalue weighted by Gasteiger charge is 2.29. The summed E-state index contributed by atoms with van der Waals surface area (Å²) in [5, 5.41) is 0.752. The molecule has 0 radical (unpaired) electrons. The molecule has 17 heavy (non-hydrogen) atoms. The number of nitrogens with two attached hydrogens (primary N) is 1. The van der Waals surface area contributed by atoms with Crippen LogP contribution in [0.5, 0.6) is 0 Å². The lowest BCUT2D eigenvalue weighted by Gasteiger charge is -2.05. The molecule has 0 bridgehead atoms. The number of thiophene rings is 1. The smallest absolute Gasteiger partial charge is 0.262 e. The minimum Gasteiger partial charge on any atom is -0.326 e. The lowest BCUT2D eigenvalue weighted by molar-refractivity contribution is 0.746. The molecule has 1 fully saturated rings. The molecule has 2 N–H and O–H groups in total. The monoisotopic (exact) mass is 249 g/mol. The van der Waals surface area contributed by atoms with Gasteiger partial charge in [-0.05, 0) is 25.3 Å². The average Bonchev–Trinajstić information content (AvgIpc) is 3.09. The molecule has 0 saturated heterocycles. The average molecular weight is 249 g/mol. The van der Waals surface area contributed by atoms with Gasteiger partial charge in [0.15, 0.2) is 0 Å². The third kappa shape index (κ3) is 1.53. The largest absolute Gasteiger partial charge is 0.326 e. The van der Waals surface area contributed by atoms with E-state index in [2.05, 4.69) is 4.98 Å². The van der Waals surface area contributed by atoms with Crippen molar-refractivity contribution in [3.63, 3.8) is 0 Å². The van der Waals surface area contributed by atoms with Gasteiger partial charge in [0.1, 0.15) is 10.7 Å². The molecule has 2 heterocycles. The lowest BCUT2D eigenvalue weighted by Crippen LogP contribution is -2.21. The SMILES string of the molecule is Cc1c(CN)sc2nc(C3CC3)n(C)c(=O)c12. The summed E-state index contributed by atoms with van der Waals surface area (Å²) < 4.78 is 1.71. The van der Waals surface area contributed by atoms with Crippen LogP contribution >= 0.6 is 11.3 Å². The molecule has 3 rings (SSSR count). The number of fused-ring (bicyclic) bond motifs is 1. The van der Waals surface area contributed by atoms with Crippen molar-refractivity contribution in [2.75, 3.05) is 0 Å². The van der Waals surface area contributed by atoms with Crippen molar-refractivity contribution in [3.05, 3.63) is 26.6 Å². The van der Waals surface area contributed by atoms with Gasteiger partial charge in [0.05, 0.1) is 5.39 Å². The summed E-state index contributed by atoms with van der Waals surface area (Å²) in [6.45, 7) is 2.44. The Morgan fingerprint density at radius 1 is 1.53 bits per heavy atom. The third-order valence-corrected chi connectivity index (χ3v) is 4.64. The van der Waals surface area contributed by atoms with E-state index in [1.165, 1.54) is 0 Å². The van der Waals surface area contributed by atoms with Crippen LogP contribution in [0.1, 0.15) is 35.0 Å². The van der Waals surface area contributed by atoms with Crippen LogP contribution in [0.2, 0.25) is 0 Å². The van der Waals surface area contributed by atoms with Crippen LogP contribution in [0.4, 0.5) is 0 Å².